The monoisotopic (exact) mass is 390 g/mol. The quantitative estimate of drug-likeness (QED) is 0.260. The van der Waals surface area contributed by atoms with Gasteiger partial charge in [-0.2, -0.15) is 0 Å². The molecule has 156 valence electrons. The van der Waals surface area contributed by atoms with E-state index in [4.69, 9.17) is 5.41 Å². The molecule has 1 N–H and O–H groups in total. The van der Waals surface area contributed by atoms with Crippen LogP contribution in [0.5, 0.6) is 0 Å². The lowest BCUT2D eigenvalue weighted by atomic mass is 9.89. The van der Waals surface area contributed by atoms with Gasteiger partial charge in [-0.25, -0.2) is 0 Å². The van der Waals surface area contributed by atoms with Gasteiger partial charge in [-0.15, -0.1) is 0 Å². The van der Waals surface area contributed by atoms with Crippen LogP contribution in [0.4, 0.5) is 5.69 Å². The molecule has 0 bridgehead atoms. The molecule has 1 aromatic rings. The summed E-state index contributed by atoms with van der Waals surface area (Å²) in [5, 5.41) is 7.25. The minimum Gasteiger partial charge on any atom is -0.308 e. The molecule has 0 aliphatic heterocycles. The molecule has 0 saturated carbocycles. The first-order valence-corrected chi connectivity index (χ1v) is 10.6. The van der Waals surface area contributed by atoms with E-state index in [0.717, 1.165) is 49.8 Å². The number of aliphatic imine (C=N–C) groups is 1. The maximum atomic E-state index is 7.25. The van der Waals surface area contributed by atoms with Crippen LogP contribution in [-0.4, -0.2) is 12.9 Å². The fourth-order valence-electron chi connectivity index (χ4n) is 3.34. The Morgan fingerprint density at radius 1 is 1.17 bits per heavy atom. The lowest BCUT2D eigenvalue weighted by Gasteiger charge is -2.17. The number of hydrogen-bond acceptors (Lipinski definition) is 2. The first kappa shape index (κ1) is 24.6. The van der Waals surface area contributed by atoms with Gasteiger partial charge in [0.1, 0.15) is 0 Å². The van der Waals surface area contributed by atoms with Crippen molar-refractivity contribution >= 4 is 24.2 Å². The van der Waals surface area contributed by atoms with E-state index in [1.54, 1.807) is 0 Å². The lowest BCUT2D eigenvalue weighted by Crippen LogP contribution is -1.98. The van der Waals surface area contributed by atoms with Crippen LogP contribution in [0.15, 0.2) is 65.2 Å². The number of allylic oxidation sites excluding steroid dienone is 6. The Morgan fingerprint density at radius 3 is 2.48 bits per heavy atom. The number of nitrogens with one attached hydrogen (secondary N) is 1. The van der Waals surface area contributed by atoms with E-state index < -0.39 is 0 Å². The van der Waals surface area contributed by atoms with Crippen molar-refractivity contribution in [3.63, 3.8) is 0 Å². The first-order chi connectivity index (χ1) is 13.8. The molecule has 2 nitrogen and oxygen atoms in total. The third-order valence-corrected chi connectivity index (χ3v) is 5.43. The molecule has 0 aromatic heterocycles. The Balaban J connectivity index is 2.99. The molecule has 0 aliphatic rings. The van der Waals surface area contributed by atoms with E-state index in [-0.39, 0.29) is 0 Å². The Morgan fingerprint density at radius 2 is 1.90 bits per heavy atom. The van der Waals surface area contributed by atoms with Crippen molar-refractivity contribution in [2.75, 3.05) is 0 Å². The zero-order chi connectivity index (χ0) is 21.8. The molecule has 0 saturated heterocycles. The number of benzene rings is 1. The first-order valence-electron chi connectivity index (χ1n) is 10.6. The van der Waals surface area contributed by atoms with Crippen LogP contribution < -0.4 is 0 Å². The minimum atomic E-state index is 0.591. The van der Waals surface area contributed by atoms with E-state index in [1.807, 2.05) is 6.07 Å². The van der Waals surface area contributed by atoms with Crippen LogP contribution >= 0.6 is 0 Å². The van der Waals surface area contributed by atoms with Gasteiger partial charge in [-0.3, -0.25) is 4.99 Å². The lowest BCUT2D eigenvalue weighted by molar-refractivity contribution is 0.760. The van der Waals surface area contributed by atoms with Crippen molar-refractivity contribution in [2.24, 2.45) is 10.9 Å². The van der Waals surface area contributed by atoms with Gasteiger partial charge in [0, 0.05) is 11.8 Å². The zero-order valence-corrected chi connectivity index (χ0v) is 18.9. The smallest absolute Gasteiger partial charge is 0.0700 e. The average Bonchev–Trinajstić information content (AvgIpc) is 2.70. The van der Waals surface area contributed by atoms with Crippen molar-refractivity contribution in [3.8, 4) is 0 Å². The van der Waals surface area contributed by atoms with E-state index in [1.165, 1.54) is 34.1 Å². The fourth-order valence-corrected chi connectivity index (χ4v) is 3.34. The third-order valence-electron chi connectivity index (χ3n) is 5.43. The highest BCUT2D eigenvalue weighted by Gasteiger charge is 2.13. The van der Waals surface area contributed by atoms with Gasteiger partial charge in [-0.05, 0) is 87.8 Å². The maximum Gasteiger partial charge on any atom is 0.0700 e. The van der Waals surface area contributed by atoms with E-state index in [0.29, 0.717) is 5.92 Å². The predicted octanol–water partition coefficient (Wildman–Crippen LogP) is 8.28. The van der Waals surface area contributed by atoms with E-state index in [9.17, 15) is 0 Å². The average molecular weight is 391 g/mol. The molecule has 1 rings (SSSR count). The highest BCUT2D eigenvalue weighted by Crippen LogP contribution is 2.34. The van der Waals surface area contributed by atoms with Crippen molar-refractivity contribution in [2.45, 2.75) is 66.2 Å². The number of hydrogen-bond donors (Lipinski definition) is 1. The summed E-state index contributed by atoms with van der Waals surface area (Å²) in [7, 11) is 0. The van der Waals surface area contributed by atoms with Crippen LogP contribution in [0.2, 0.25) is 0 Å². The highest BCUT2D eigenvalue weighted by atomic mass is 14.7. The third kappa shape index (κ3) is 8.19. The van der Waals surface area contributed by atoms with Gasteiger partial charge in [0.25, 0.3) is 0 Å². The molecule has 0 atom stereocenters. The summed E-state index contributed by atoms with van der Waals surface area (Å²) in [6, 6.07) is 6.29. The molecule has 1 aromatic carbocycles. The van der Waals surface area contributed by atoms with Crippen LogP contribution in [-0.2, 0) is 6.42 Å². The Kier molecular flexibility index (Phi) is 10.9. The molecule has 0 spiro atoms. The molecule has 2 heteroatoms. The molecular weight excluding hydrogens is 352 g/mol. The highest BCUT2D eigenvalue weighted by molar-refractivity contribution is 5.78. The fraction of sp³-hybridized carbons (Fsp3) is 0.407. The SMILES string of the molecule is C=Nc1cccc(CC(=C)CCCC(=C)C=N)c1/C(=C\C)CC/C=C(\C)C(C)C. The molecular formula is C27H38N2. The molecule has 0 fully saturated rings. The maximum absolute atomic E-state index is 7.25. The van der Waals surface area contributed by atoms with Crippen molar-refractivity contribution in [1.29, 1.82) is 5.41 Å². The summed E-state index contributed by atoms with van der Waals surface area (Å²) in [6.07, 6.45) is 11.5. The van der Waals surface area contributed by atoms with E-state index >= 15 is 0 Å². The van der Waals surface area contributed by atoms with Crippen molar-refractivity contribution in [1.82, 2.24) is 0 Å². The minimum absolute atomic E-state index is 0.591. The van der Waals surface area contributed by atoms with E-state index in [2.05, 4.69) is 76.8 Å². The van der Waals surface area contributed by atoms with Gasteiger partial charge >= 0.3 is 0 Å². The second kappa shape index (κ2) is 12.9. The topological polar surface area (TPSA) is 36.2 Å². The van der Waals surface area contributed by atoms with Crippen LogP contribution in [0, 0.1) is 11.3 Å². The Bertz CT molecular complexity index is 791. The second-order valence-corrected chi connectivity index (χ2v) is 8.01. The van der Waals surface area contributed by atoms with Crippen LogP contribution in [0.1, 0.15) is 70.9 Å². The molecule has 0 unspecified atom stereocenters. The number of rotatable bonds is 13. The van der Waals surface area contributed by atoms with Crippen LogP contribution in [0.25, 0.3) is 5.57 Å². The van der Waals surface area contributed by atoms with Crippen molar-refractivity contribution in [3.05, 3.63) is 71.4 Å². The van der Waals surface area contributed by atoms with Gasteiger partial charge in [-0.1, -0.05) is 62.4 Å². The summed E-state index contributed by atoms with van der Waals surface area (Å²) in [6.45, 7) is 20.8. The Labute approximate surface area is 178 Å². The zero-order valence-electron chi connectivity index (χ0n) is 18.9. The standard InChI is InChI=1S/C27H38N2/c1-8-24(15-10-14-23(6)20(2)3)27-25(16-11-17-26(27)29-7)18-21(4)12-9-13-22(5)19-28/h8,11,14,16-17,19-20,28H,4-5,7,9-10,12-13,15,18H2,1-3,6H3/b23-14+,24-8-,28-19?. The van der Waals surface area contributed by atoms with Crippen LogP contribution in [0.3, 0.4) is 0 Å². The summed E-state index contributed by atoms with van der Waals surface area (Å²) >= 11 is 0. The van der Waals surface area contributed by atoms with Gasteiger partial charge in [0.05, 0.1) is 5.69 Å². The van der Waals surface area contributed by atoms with Gasteiger partial charge in [0.15, 0.2) is 0 Å². The molecule has 0 amide bonds. The predicted molar refractivity (Wildman–Crippen MR) is 132 cm³/mol. The summed E-state index contributed by atoms with van der Waals surface area (Å²) in [5.74, 6) is 0.591. The largest absolute Gasteiger partial charge is 0.308 e. The van der Waals surface area contributed by atoms with Gasteiger partial charge < -0.3 is 5.41 Å². The summed E-state index contributed by atoms with van der Waals surface area (Å²) in [4.78, 5) is 4.30. The van der Waals surface area contributed by atoms with Gasteiger partial charge in [0.2, 0.25) is 0 Å². The normalized spacial score (nSPS) is 12.2. The molecule has 0 radical (unpaired) electrons. The summed E-state index contributed by atoms with van der Waals surface area (Å²) in [5.41, 5.74) is 8.27. The summed E-state index contributed by atoms with van der Waals surface area (Å²) < 4.78 is 0. The molecule has 0 aliphatic carbocycles. The number of nitrogens with zero attached hydrogens (tertiary/aromatic N) is 1. The molecule has 0 heterocycles. The Hall–Kier alpha value is -2.48. The van der Waals surface area contributed by atoms with Crippen molar-refractivity contribution < 1.29 is 0 Å². The second-order valence-electron chi connectivity index (χ2n) is 8.01. The molecule has 29 heavy (non-hydrogen) atoms.